The Morgan fingerprint density at radius 1 is 1.19 bits per heavy atom. The maximum atomic E-state index is 13.5. The molecule has 2 amide bonds. The zero-order valence-corrected chi connectivity index (χ0v) is 19.2. The number of rotatable bonds is 5. The number of carbonyl (C=O) groups is 2. The lowest BCUT2D eigenvalue weighted by atomic mass is 10.1. The predicted octanol–water partition coefficient (Wildman–Crippen LogP) is 4.43. The van der Waals surface area contributed by atoms with Crippen LogP contribution >= 0.6 is 0 Å². The number of nitrogens with zero attached hydrogens (tertiary/aromatic N) is 3. The smallest absolute Gasteiger partial charge is 0.387 e. The lowest BCUT2D eigenvalue weighted by molar-refractivity contribution is -0.0493. The average molecular weight is 505 g/mol. The van der Waals surface area contributed by atoms with Crippen molar-refractivity contribution in [2.45, 2.75) is 38.3 Å². The van der Waals surface area contributed by atoms with Crippen LogP contribution in [0, 0.1) is 0 Å². The molecular formula is C24H23F4N5O3. The SMILES string of the molecule is C[C@@H]1CNC(=O)c2cc3ccc(C(=O)Nc4ccc(N5CCC(F)(F)CC5)cc4OC(F)F)nc3n21. The van der Waals surface area contributed by atoms with E-state index < -0.39 is 18.4 Å². The molecule has 0 aliphatic carbocycles. The number of hydrogen-bond acceptors (Lipinski definition) is 5. The van der Waals surface area contributed by atoms with E-state index >= 15 is 0 Å². The molecule has 3 aromatic rings. The largest absolute Gasteiger partial charge is 0.433 e. The van der Waals surface area contributed by atoms with Crippen LogP contribution in [0.25, 0.3) is 11.0 Å². The van der Waals surface area contributed by atoms with E-state index in [1.165, 1.54) is 18.2 Å². The van der Waals surface area contributed by atoms with E-state index in [4.69, 9.17) is 0 Å². The summed E-state index contributed by atoms with van der Waals surface area (Å²) in [7, 11) is 0. The normalized spacial score (nSPS) is 19.2. The Hall–Kier alpha value is -3.83. The summed E-state index contributed by atoms with van der Waals surface area (Å²) in [5.41, 5.74) is 1.34. The number of alkyl halides is 4. The lowest BCUT2D eigenvalue weighted by Crippen LogP contribution is -2.39. The Morgan fingerprint density at radius 2 is 1.94 bits per heavy atom. The van der Waals surface area contributed by atoms with Gasteiger partial charge in [0.15, 0.2) is 5.75 Å². The van der Waals surface area contributed by atoms with Crippen molar-refractivity contribution >= 4 is 34.2 Å². The summed E-state index contributed by atoms with van der Waals surface area (Å²) in [5, 5.41) is 6.02. The first-order valence-electron chi connectivity index (χ1n) is 11.4. The number of amides is 2. The first-order chi connectivity index (χ1) is 17.1. The fraction of sp³-hybridized carbons (Fsp3) is 0.375. The second kappa shape index (κ2) is 8.99. The number of halogens is 4. The molecule has 2 aliphatic heterocycles. The van der Waals surface area contributed by atoms with Gasteiger partial charge in [0.1, 0.15) is 17.0 Å². The molecule has 8 nitrogen and oxygen atoms in total. The number of fused-ring (bicyclic) bond motifs is 3. The standard InChI is InChI=1S/C24H23F4N5O3/c1-13-12-29-22(35)18-10-14-2-4-17(30-20(14)33(13)18)21(34)31-16-5-3-15(11-19(16)36-23(25)26)32-8-6-24(27,28)7-9-32/h2-5,10-11,13,23H,6-9,12H2,1H3,(H,29,35)(H,31,34)/t13-/m1/s1. The highest BCUT2D eigenvalue weighted by molar-refractivity contribution is 6.05. The van der Waals surface area contributed by atoms with E-state index in [9.17, 15) is 27.2 Å². The van der Waals surface area contributed by atoms with Crippen LogP contribution in [0.5, 0.6) is 5.75 Å². The van der Waals surface area contributed by atoms with Crippen molar-refractivity contribution in [3.05, 3.63) is 47.8 Å². The topological polar surface area (TPSA) is 88.5 Å². The van der Waals surface area contributed by atoms with Gasteiger partial charge in [-0.3, -0.25) is 9.59 Å². The molecule has 5 rings (SSSR count). The van der Waals surface area contributed by atoms with Gasteiger partial charge in [-0.25, -0.2) is 13.8 Å². The van der Waals surface area contributed by atoms with Crippen LogP contribution in [0.4, 0.5) is 28.9 Å². The number of aromatic nitrogens is 2. The third-order valence-corrected chi connectivity index (χ3v) is 6.44. The van der Waals surface area contributed by atoms with Crippen LogP contribution in [0.3, 0.4) is 0 Å². The Kier molecular flexibility index (Phi) is 5.97. The summed E-state index contributed by atoms with van der Waals surface area (Å²) in [5.74, 6) is -3.94. The van der Waals surface area contributed by atoms with Crippen LogP contribution < -0.4 is 20.3 Å². The monoisotopic (exact) mass is 505 g/mol. The van der Waals surface area contributed by atoms with Gasteiger partial charge in [-0.1, -0.05) is 0 Å². The molecule has 0 bridgehead atoms. The van der Waals surface area contributed by atoms with Gasteiger partial charge in [-0.15, -0.1) is 0 Å². The molecular weight excluding hydrogens is 482 g/mol. The number of benzene rings is 1. The molecule has 1 atom stereocenters. The van der Waals surface area contributed by atoms with E-state index in [1.54, 1.807) is 27.7 Å². The van der Waals surface area contributed by atoms with E-state index in [1.807, 2.05) is 6.92 Å². The summed E-state index contributed by atoms with van der Waals surface area (Å²) in [4.78, 5) is 31.3. The molecule has 0 spiro atoms. The highest BCUT2D eigenvalue weighted by Gasteiger charge is 2.34. The first kappa shape index (κ1) is 23.9. The molecule has 1 saturated heterocycles. The third-order valence-electron chi connectivity index (χ3n) is 6.44. The molecule has 12 heteroatoms. The van der Waals surface area contributed by atoms with Gasteiger partial charge in [-0.2, -0.15) is 8.78 Å². The van der Waals surface area contributed by atoms with Crippen LogP contribution in [0.1, 0.15) is 46.8 Å². The zero-order chi connectivity index (χ0) is 25.6. The van der Waals surface area contributed by atoms with Gasteiger partial charge < -0.3 is 24.8 Å². The van der Waals surface area contributed by atoms with Crippen molar-refractivity contribution in [3.8, 4) is 5.75 Å². The number of nitrogens with one attached hydrogen (secondary N) is 2. The van der Waals surface area contributed by atoms with Crippen LogP contribution in [0.2, 0.25) is 0 Å². The van der Waals surface area contributed by atoms with E-state index in [2.05, 4.69) is 20.4 Å². The minimum Gasteiger partial charge on any atom is -0.433 e. The maximum Gasteiger partial charge on any atom is 0.387 e. The van der Waals surface area contributed by atoms with Gasteiger partial charge >= 0.3 is 6.61 Å². The molecule has 0 unspecified atom stereocenters. The molecule has 2 aromatic heterocycles. The van der Waals surface area contributed by atoms with Crippen molar-refractivity contribution < 1.29 is 31.9 Å². The number of pyridine rings is 1. The Bertz CT molecular complexity index is 1330. The third kappa shape index (κ3) is 4.54. The fourth-order valence-electron chi connectivity index (χ4n) is 4.55. The van der Waals surface area contributed by atoms with Crippen LogP contribution in [0.15, 0.2) is 36.4 Å². The molecule has 2 N–H and O–H groups in total. The first-order valence-corrected chi connectivity index (χ1v) is 11.4. The number of hydrogen-bond donors (Lipinski definition) is 2. The molecule has 1 aromatic carbocycles. The van der Waals surface area contributed by atoms with Crippen LogP contribution in [-0.4, -0.2) is 53.5 Å². The number of piperidine rings is 1. The zero-order valence-electron chi connectivity index (χ0n) is 19.2. The number of anilines is 2. The second-order valence-corrected chi connectivity index (χ2v) is 8.92. The van der Waals surface area contributed by atoms with E-state index in [0.29, 0.717) is 29.0 Å². The van der Waals surface area contributed by atoms with E-state index in [0.717, 1.165) is 0 Å². The summed E-state index contributed by atoms with van der Waals surface area (Å²) < 4.78 is 59.6. The molecule has 4 heterocycles. The van der Waals surface area contributed by atoms with Crippen molar-refractivity contribution in [1.82, 2.24) is 14.9 Å². The molecule has 1 fully saturated rings. The van der Waals surface area contributed by atoms with Gasteiger partial charge in [0.25, 0.3) is 17.7 Å². The number of carbonyl (C=O) groups excluding carboxylic acids is 2. The average Bonchev–Trinajstić information content (AvgIpc) is 3.22. The fourth-order valence-corrected chi connectivity index (χ4v) is 4.55. The van der Waals surface area contributed by atoms with Gasteiger partial charge in [0.05, 0.1) is 11.7 Å². The summed E-state index contributed by atoms with van der Waals surface area (Å²) in [6.45, 7) is -0.696. The van der Waals surface area contributed by atoms with Crippen molar-refractivity contribution in [2.75, 3.05) is 29.9 Å². The van der Waals surface area contributed by atoms with Gasteiger partial charge in [-0.05, 0) is 37.3 Å². The van der Waals surface area contributed by atoms with E-state index in [-0.39, 0.29) is 55.0 Å². The molecule has 0 radical (unpaired) electrons. The second-order valence-electron chi connectivity index (χ2n) is 8.92. The summed E-state index contributed by atoms with van der Waals surface area (Å²) in [6, 6.07) is 9.00. The van der Waals surface area contributed by atoms with Gasteiger partial charge in [0, 0.05) is 49.6 Å². The van der Waals surface area contributed by atoms with Gasteiger partial charge in [0.2, 0.25) is 0 Å². The van der Waals surface area contributed by atoms with Crippen LogP contribution in [-0.2, 0) is 0 Å². The van der Waals surface area contributed by atoms with Crippen molar-refractivity contribution in [3.63, 3.8) is 0 Å². The Labute approximate surface area is 203 Å². The molecule has 190 valence electrons. The number of ether oxygens (including phenoxy) is 1. The molecule has 36 heavy (non-hydrogen) atoms. The molecule has 0 saturated carbocycles. The minimum atomic E-state index is -3.16. The summed E-state index contributed by atoms with van der Waals surface area (Å²) >= 11 is 0. The Morgan fingerprint density at radius 3 is 2.67 bits per heavy atom. The summed E-state index contributed by atoms with van der Waals surface area (Å²) in [6.07, 6.45) is -0.678. The Balaban J connectivity index is 1.41. The van der Waals surface area contributed by atoms with Crippen molar-refractivity contribution in [2.24, 2.45) is 0 Å². The minimum absolute atomic E-state index is 0.0155. The van der Waals surface area contributed by atoms with Crippen molar-refractivity contribution in [1.29, 1.82) is 0 Å². The highest BCUT2D eigenvalue weighted by Crippen LogP contribution is 2.35. The molecule has 2 aliphatic rings. The lowest BCUT2D eigenvalue weighted by Gasteiger charge is -2.33. The highest BCUT2D eigenvalue weighted by atomic mass is 19.3. The quantitative estimate of drug-likeness (QED) is 0.501. The maximum absolute atomic E-state index is 13.5. The predicted molar refractivity (Wildman–Crippen MR) is 124 cm³/mol.